The molecule has 0 bridgehead atoms. The highest BCUT2D eigenvalue weighted by atomic mass is 15.3. The molecule has 0 saturated carbocycles. The molecule has 1 fully saturated rings. The normalized spacial score (nSPS) is 16.6. The van der Waals surface area contributed by atoms with Crippen molar-refractivity contribution in [2.24, 2.45) is 0 Å². The summed E-state index contributed by atoms with van der Waals surface area (Å²) in [7, 11) is 0. The second kappa shape index (κ2) is 6.19. The van der Waals surface area contributed by atoms with Crippen LogP contribution < -0.4 is 10.6 Å². The van der Waals surface area contributed by atoms with Crippen LogP contribution >= 0.6 is 0 Å². The molecule has 1 saturated heterocycles. The van der Waals surface area contributed by atoms with E-state index in [0.717, 1.165) is 57.2 Å². The fourth-order valence-electron chi connectivity index (χ4n) is 2.64. The van der Waals surface area contributed by atoms with Crippen LogP contribution in [0.3, 0.4) is 0 Å². The van der Waals surface area contributed by atoms with E-state index in [0.29, 0.717) is 0 Å². The number of pyridine rings is 1. The third kappa shape index (κ3) is 3.08. The van der Waals surface area contributed by atoms with Crippen molar-refractivity contribution in [1.29, 1.82) is 0 Å². The van der Waals surface area contributed by atoms with Gasteiger partial charge in [0, 0.05) is 32.7 Å². The molecule has 3 heterocycles. The standard InChI is InChI=1S/C14H22N6/c1-12-9-13(20-14(10-12)17-11-18-20)16-3-2-6-19-7-4-15-5-8-19/h9-11,15-16H,2-8H2,1H3. The van der Waals surface area contributed by atoms with Crippen molar-refractivity contribution in [2.45, 2.75) is 13.3 Å². The minimum Gasteiger partial charge on any atom is -0.370 e. The SMILES string of the molecule is Cc1cc(NCCCN2CCNCC2)n2ncnc2c1. The van der Waals surface area contributed by atoms with E-state index in [1.165, 1.54) is 5.56 Å². The van der Waals surface area contributed by atoms with Crippen LogP contribution in [0.2, 0.25) is 0 Å². The zero-order valence-electron chi connectivity index (χ0n) is 12.0. The average molecular weight is 274 g/mol. The number of hydrogen-bond acceptors (Lipinski definition) is 5. The zero-order chi connectivity index (χ0) is 13.8. The third-order valence-corrected chi connectivity index (χ3v) is 3.69. The molecule has 1 aliphatic rings. The molecule has 6 heteroatoms. The first kappa shape index (κ1) is 13.3. The van der Waals surface area contributed by atoms with Crippen molar-refractivity contribution >= 4 is 11.5 Å². The number of nitrogens with zero attached hydrogens (tertiary/aromatic N) is 4. The first-order chi connectivity index (χ1) is 9.83. The Morgan fingerprint density at radius 3 is 3.00 bits per heavy atom. The molecule has 3 rings (SSSR count). The summed E-state index contributed by atoms with van der Waals surface area (Å²) >= 11 is 0. The van der Waals surface area contributed by atoms with Crippen molar-refractivity contribution in [3.8, 4) is 0 Å². The number of aromatic nitrogens is 3. The van der Waals surface area contributed by atoms with Crippen LogP contribution in [0.25, 0.3) is 5.65 Å². The number of nitrogens with one attached hydrogen (secondary N) is 2. The van der Waals surface area contributed by atoms with Gasteiger partial charge in [0.15, 0.2) is 5.65 Å². The molecule has 0 aromatic carbocycles. The van der Waals surface area contributed by atoms with Crippen molar-refractivity contribution in [2.75, 3.05) is 44.6 Å². The van der Waals surface area contributed by atoms with Gasteiger partial charge in [-0.1, -0.05) is 0 Å². The Hall–Kier alpha value is -1.66. The molecule has 0 aliphatic carbocycles. The van der Waals surface area contributed by atoms with E-state index in [2.05, 4.69) is 38.6 Å². The number of rotatable bonds is 5. The predicted molar refractivity (Wildman–Crippen MR) is 80.1 cm³/mol. The molecular weight excluding hydrogens is 252 g/mol. The van der Waals surface area contributed by atoms with Crippen molar-refractivity contribution in [3.63, 3.8) is 0 Å². The lowest BCUT2D eigenvalue weighted by atomic mass is 10.3. The highest BCUT2D eigenvalue weighted by Crippen LogP contribution is 2.13. The van der Waals surface area contributed by atoms with Crippen LogP contribution in [-0.2, 0) is 0 Å². The van der Waals surface area contributed by atoms with E-state index in [9.17, 15) is 0 Å². The van der Waals surface area contributed by atoms with E-state index in [1.54, 1.807) is 6.33 Å². The molecule has 1 aliphatic heterocycles. The summed E-state index contributed by atoms with van der Waals surface area (Å²) in [5.74, 6) is 1.03. The van der Waals surface area contributed by atoms with E-state index >= 15 is 0 Å². The molecule has 0 spiro atoms. The monoisotopic (exact) mass is 274 g/mol. The second-order valence-electron chi connectivity index (χ2n) is 5.32. The number of aryl methyl sites for hydroxylation is 1. The van der Waals surface area contributed by atoms with Gasteiger partial charge in [-0.15, -0.1) is 0 Å². The Kier molecular flexibility index (Phi) is 4.13. The molecular formula is C14H22N6. The molecule has 20 heavy (non-hydrogen) atoms. The van der Waals surface area contributed by atoms with Gasteiger partial charge in [-0.3, -0.25) is 0 Å². The van der Waals surface area contributed by atoms with Gasteiger partial charge in [0.1, 0.15) is 12.1 Å². The molecule has 0 unspecified atom stereocenters. The summed E-state index contributed by atoms with van der Waals surface area (Å²) in [6.07, 6.45) is 2.74. The Morgan fingerprint density at radius 2 is 2.15 bits per heavy atom. The molecule has 108 valence electrons. The smallest absolute Gasteiger partial charge is 0.157 e. The Labute approximate surface area is 119 Å². The quantitative estimate of drug-likeness (QED) is 0.788. The minimum atomic E-state index is 0.898. The third-order valence-electron chi connectivity index (χ3n) is 3.69. The van der Waals surface area contributed by atoms with E-state index in [4.69, 9.17) is 0 Å². The Morgan fingerprint density at radius 1 is 1.30 bits per heavy atom. The lowest BCUT2D eigenvalue weighted by Gasteiger charge is -2.27. The molecule has 0 atom stereocenters. The summed E-state index contributed by atoms with van der Waals surface area (Å²) in [6.45, 7) is 8.76. The number of fused-ring (bicyclic) bond motifs is 1. The maximum atomic E-state index is 4.25. The minimum absolute atomic E-state index is 0.898. The van der Waals surface area contributed by atoms with Crippen LogP contribution in [0.15, 0.2) is 18.5 Å². The lowest BCUT2D eigenvalue weighted by Crippen LogP contribution is -2.44. The van der Waals surface area contributed by atoms with Crippen LogP contribution in [0, 0.1) is 6.92 Å². The van der Waals surface area contributed by atoms with Gasteiger partial charge >= 0.3 is 0 Å². The van der Waals surface area contributed by atoms with Gasteiger partial charge in [0.05, 0.1) is 0 Å². The molecule has 2 aromatic heterocycles. The molecule has 2 aromatic rings. The number of anilines is 1. The van der Waals surface area contributed by atoms with Gasteiger partial charge in [0.25, 0.3) is 0 Å². The first-order valence-electron chi connectivity index (χ1n) is 7.30. The van der Waals surface area contributed by atoms with Gasteiger partial charge in [-0.05, 0) is 37.6 Å². The number of piperazine rings is 1. The predicted octanol–water partition coefficient (Wildman–Crippen LogP) is 0.745. The van der Waals surface area contributed by atoms with Gasteiger partial charge in [0.2, 0.25) is 0 Å². The number of hydrogen-bond donors (Lipinski definition) is 2. The van der Waals surface area contributed by atoms with E-state index < -0.39 is 0 Å². The fourth-order valence-corrected chi connectivity index (χ4v) is 2.64. The Balaban J connectivity index is 1.53. The van der Waals surface area contributed by atoms with Crippen LogP contribution in [0.5, 0.6) is 0 Å². The Bertz CT molecular complexity index is 558. The van der Waals surface area contributed by atoms with E-state index in [-0.39, 0.29) is 0 Å². The summed E-state index contributed by atoms with van der Waals surface area (Å²) in [6, 6.07) is 4.16. The molecule has 0 radical (unpaired) electrons. The fraction of sp³-hybridized carbons (Fsp3) is 0.571. The maximum Gasteiger partial charge on any atom is 0.157 e. The largest absolute Gasteiger partial charge is 0.370 e. The summed E-state index contributed by atoms with van der Waals surface area (Å²) in [5, 5.41) is 11.1. The summed E-state index contributed by atoms with van der Waals surface area (Å²) in [4.78, 5) is 6.75. The molecule has 0 amide bonds. The van der Waals surface area contributed by atoms with Crippen LogP contribution in [0.4, 0.5) is 5.82 Å². The van der Waals surface area contributed by atoms with Crippen LogP contribution in [-0.4, -0.2) is 58.8 Å². The van der Waals surface area contributed by atoms with Gasteiger partial charge < -0.3 is 15.5 Å². The van der Waals surface area contributed by atoms with Crippen molar-refractivity contribution in [1.82, 2.24) is 24.8 Å². The second-order valence-corrected chi connectivity index (χ2v) is 5.32. The maximum absolute atomic E-state index is 4.25. The zero-order valence-corrected chi connectivity index (χ0v) is 12.0. The first-order valence-corrected chi connectivity index (χ1v) is 7.30. The van der Waals surface area contributed by atoms with Crippen LogP contribution in [0.1, 0.15) is 12.0 Å². The van der Waals surface area contributed by atoms with Crippen molar-refractivity contribution in [3.05, 3.63) is 24.0 Å². The average Bonchev–Trinajstić information content (AvgIpc) is 2.92. The molecule has 2 N–H and O–H groups in total. The topological polar surface area (TPSA) is 57.5 Å². The lowest BCUT2D eigenvalue weighted by molar-refractivity contribution is 0.240. The summed E-state index contributed by atoms with van der Waals surface area (Å²) < 4.78 is 1.86. The van der Waals surface area contributed by atoms with E-state index in [1.807, 2.05) is 10.6 Å². The molecule has 6 nitrogen and oxygen atoms in total. The van der Waals surface area contributed by atoms with Gasteiger partial charge in [-0.2, -0.15) is 9.61 Å². The highest BCUT2D eigenvalue weighted by molar-refractivity contribution is 5.51. The summed E-state index contributed by atoms with van der Waals surface area (Å²) in [5.41, 5.74) is 2.10. The van der Waals surface area contributed by atoms with Crippen molar-refractivity contribution < 1.29 is 0 Å². The van der Waals surface area contributed by atoms with Gasteiger partial charge in [-0.25, -0.2) is 4.98 Å². The highest BCUT2D eigenvalue weighted by Gasteiger charge is 2.08.